The lowest BCUT2D eigenvalue weighted by atomic mass is 10.1. The molecule has 0 fully saturated rings. The van der Waals surface area contributed by atoms with Crippen LogP contribution in [0.1, 0.15) is 28.9 Å². The van der Waals surface area contributed by atoms with Crippen LogP contribution < -0.4 is 9.47 Å². The lowest BCUT2D eigenvalue weighted by Crippen LogP contribution is -2.10. The summed E-state index contributed by atoms with van der Waals surface area (Å²) in [5.41, 5.74) is 5.60. The molecule has 0 aliphatic rings. The normalized spacial score (nSPS) is 10.9. The number of hydrogen-bond acceptors (Lipinski definition) is 3. The average Bonchev–Trinajstić information content (AvgIpc) is 3.16. The Morgan fingerprint density at radius 1 is 0.938 bits per heavy atom. The zero-order valence-electron chi connectivity index (χ0n) is 18.9. The molecule has 0 radical (unpaired) electrons. The highest BCUT2D eigenvalue weighted by molar-refractivity contribution is 5.75. The van der Waals surface area contributed by atoms with Crippen molar-refractivity contribution < 1.29 is 9.47 Å². The largest absolute Gasteiger partial charge is 0.493 e. The SMILES string of the molecule is C=CCc1ccccc1OCCCn1c(COc2cc(C)ccc2C)nc2ccccc21. The number of rotatable bonds is 10. The fourth-order valence-corrected chi connectivity index (χ4v) is 3.86. The molecule has 1 heterocycles. The van der Waals surface area contributed by atoms with Gasteiger partial charge in [-0.3, -0.25) is 0 Å². The Kier molecular flexibility index (Phi) is 6.90. The van der Waals surface area contributed by atoms with Gasteiger partial charge in [0.2, 0.25) is 0 Å². The maximum atomic E-state index is 6.17. The van der Waals surface area contributed by atoms with Crippen molar-refractivity contribution in [1.29, 1.82) is 0 Å². The van der Waals surface area contributed by atoms with E-state index in [0.29, 0.717) is 13.2 Å². The van der Waals surface area contributed by atoms with Gasteiger partial charge in [-0.1, -0.05) is 48.5 Å². The standard InChI is InChI=1S/C28H30N2O2/c1-4-10-23-11-5-8-14-26(23)31-18-9-17-30-25-13-7-6-12-24(25)29-28(30)20-32-27-19-21(2)15-16-22(27)3/h4-8,11-16,19H,1,9-10,17-18,20H2,2-3H3. The topological polar surface area (TPSA) is 36.3 Å². The van der Waals surface area contributed by atoms with Crippen molar-refractivity contribution in [3.8, 4) is 11.5 Å². The maximum absolute atomic E-state index is 6.17. The van der Waals surface area contributed by atoms with E-state index in [1.165, 1.54) is 5.56 Å². The predicted octanol–water partition coefficient (Wildman–Crippen LogP) is 6.43. The first-order valence-corrected chi connectivity index (χ1v) is 11.1. The summed E-state index contributed by atoms with van der Waals surface area (Å²) >= 11 is 0. The van der Waals surface area contributed by atoms with Crippen molar-refractivity contribution in [1.82, 2.24) is 9.55 Å². The summed E-state index contributed by atoms with van der Waals surface area (Å²) in [6.45, 7) is 9.87. The van der Waals surface area contributed by atoms with E-state index in [0.717, 1.165) is 58.9 Å². The van der Waals surface area contributed by atoms with E-state index in [2.05, 4.69) is 67.5 Å². The van der Waals surface area contributed by atoms with E-state index in [1.54, 1.807) is 0 Å². The maximum Gasteiger partial charge on any atom is 0.148 e. The smallest absolute Gasteiger partial charge is 0.148 e. The fraction of sp³-hybridized carbons (Fsp3) is 0.250. The van der Waals surface area contributed by atoms with Crippen LogP contribution in [0.4, 0.5) is 0 Å². The minimum Gasteiger partial charge on any atom is -0.493 e. The Morgan fingerprint density at radius 2 is 1.75 bits per heavy atom. The number of nitrogens with zero attached hydrogens (tertiary/aromatic N) is 2. The van der Waals surface area contributed by atoms with Gasteiger partial charge in [-0.25, -0.2) is 4.98 Å². The quantitative estimate of drug-likeness (QED) is 0.217. The number of ether oxygens (including phenoxy) is 2. The Labute approximate surface area is 190 Å². The van der Waals surface area contributed by atoms with Crippen molar-refractivity contribution in [3.63, 3.8) is 0 Å². The summed E-state index contributed by atoms with van der Waals surface area (Å²) in [5.74, 6) is 2.77. The third-order valence-electron chi connectivity index (χ3n) is 5.55. The molecule has 0 unspecified atom stereocenters. The van der Waals surface area contributed by atoms with Crippen LogP contribution in [0.15, 0.2) is 79.4 Å². The number of allylic oxidation sites excluding steroid dienone is 1. The summed E-state index contributed by atoms with van der Waals surface area (Å²) in [6.07, 6.45) is 3.59. The molecule has 3 aromatic carbocycles. The average molecular weight is 427 g/mol. The van der Waals surface area contributed by atoms with Gasteiger partial charge in [-0.2, -0.15) is 0 Å². The lowest BCUT2D eigenvalue weighted by Gasteiger charge is -2.13. The molecule has 4 aromatic rings. The molecule has 0 amide bonds. The van der Waals surface area contributed by atoms with Crippen LogP contribution in [0.2, 0.25) is 0 Å². The number of para-hydroxylation sites is 3. The van der Waals surface area contributed by atoms with Crippen molar-refractivity contribution in [2.75, 3.05) is 6.61 Å². The Balaban J connectivity index is 1.46. The van der Waals surface area contributed by atoms with Crippen molar-refractivity contribution >= 4 is 11.0 Å². The molecule has 4 heteroatoms. The first-order chi connectivity index (χ1) is 15.7. The number of aryl methyl sites for hydroxylation is 3. The van der Waals surface area contributed by atoms with E-state index in [9.17, 15) is 0 Å². The molecule has 0 spiro atoms. The van der Waals surface area contributed by atoms with Gasteiger partial charge in [0.1, 0.15) is 23.9 Å². The van der Waals surface area contributed by atoms with Gasteiger partial charge in [-0.05, 0) is 67.6 Å². The second-order valence-corrected chi connectivity index (χ2v) is 8.03. The molecular weight excluding hydrogens is 396 g/mol. The zero-order valence-corrected chi connectivity index (χ0v) is 18.9. The van der Waals surface area contributed by atoms with Gasteiger partial charge in [-0.15, -0.1) is 6.58 Å². The number of imidazole rings is 1. The minimum absolute atomic E-state index is 0.433. The van der Waals surface area contributed by atoms with Gasteiger partial charge < -0.3 is 14.0 Å². The molecule has 32 heavy (non-hydrogen) atoms. The molecule has 0 saturated carbocycles. The third-order valence-corrected chi connectivity index (χ3v) is 5.55. The van der Waals surface area contributed by atoms with Gasteiger partial charge in [0, 0.05) is 6.54 Å². The van der Waals surface area contributed by atoms with Crippen LogP contribution in [-0.2, 0) is 19.6 Å². The molecule has 4 rings (SSSR count). The molecule has 1 aromatic heterocycles. The summed E-state index contributed by atoms with van der Waals surface area (Å²) in [4.78, 5) is 4.84. The fourth-order valence-electron chi connectivity index (χ4n) is 3.86. The van der Waals surface area contributed by atoms with E-state index in [1.807, 2.05) is 30.3 Å². The Morgan fingerprint density at radius 3 is 2.62 bits per heavy atom. The number of hydrogen-bond donors (Lipinski definition) is 0. The molecule has 0 bridgehead atoms. The van der Waals surface area contributed by atoms with Crippen LogP contribution in [-0.4, -0.2) is 16.2 Å². The molecule has 4 nitrogen and oxygen atoms in total. The Bertz CT molecular complexity index is 1210. The molecule has 0 aliphatic carbocycles. The van der Waals surface area contributed by atoms with E-state index in [-0.39, 0.29) is 0 Å². The summed E-state index contributed by atoms with van der Waals surface area (Å²) in [6, 6.07) is 22.7. The third kappa shape index (κ3) is 5.02. The van der Waals surface area contributed by atoms with Gasteiger partial charge in [0.25, 0.3) is 0 Å². The van der Waals surface area contributed by atoms with Crippen LogP contribution in [0.5, 0.6) is 11.5 Å². The first kappa shape index (κ1) is 21.7. The number of aromatic nitrogens is 2. The van der Waals surface area contributed by atoms with Crippen molar-refractivity contribution in [2.24, 2.45) is 0 Å². The summed E-state index contributed by atoms with van der Waals surface area (Å²) in [7, 11) is 0. The second kappa shape index (κ2) is 10.2. The van der Waals surface area contributed by atoms with Gasteiger partial charge >= 0.3 is 0 Å². The highest BCUT2D eigenvalue weighted by Gasteiger charge is 2.12. The van der Waals surface area contributed by atoms with Gasteiger partial charge in [0.05, 0.1) is 17.6 Å². The van der Waals surface area contributed by atoms with Crippen LogP contribution in [0, 0.1) is 13.8 Å². The van der Waals surface area contributed by atoms with Crippen LogP contribution >= 0.6 is 0 Å². The highest BCUT2D eigenvalue weighted by atomic mass is 16.5. The predicted molar refractivity (Wildman–Crippen MR) is 130 cm³/mol. The summed E-state index contributed by atoms with van der Waals surface area (Å²) < 4.78 is 14.5. The number of benzene rings is 3. The molecule has 0 N–H and O–H groups in total. The van der Waals surface area contributed by atoms with Crippen LogP contribution in [0.3, 0.4) is 0 Å². The number of fused-ring (bicyclic) bond motifs is 1. The molecule has 0 saturated heterocycles. The van der Waals surface area contributed by atoms with Crippen molar-refractivity contribution in [3.05, 3.63) is 102 Å². The molecule has 0 atom stereocenters. The second-order valence-electron chi connectivity index (χ2n) is 8.03. The van der Waals surface area contributed by atoms with E-state index in [4.69, 9.17) is 14.5 Å². The Hall–Kier alpha value is -3.53. The van der Waals surface area contributed by atoms with E-state index >= 15 is 0 Å². The highest BCUT2D eigenvalue weighted by Crippen LogP contribution is 2.23. The van der Waals surface area contributed by atoms with E-state index < -0.39 is 0 Å². The molecule has 164 valence electrons. The molecular formula is C28H30N2O2. The van der Waals surface area contributed by atoms with Crippen molar-refractivity contribution in [2.45, 2.75) is 39.8 Å². The monoisotopic (exact) mass is 426 g/mol. The zero-order chi connectivity index (χ0) is 22.3. The minimum atomic E-state index is 0.433. The summed E-state index contributed by atoms with van der Waals surface area (Å²) in [5, 5.41) is 0. The van der Waals surface area contributed by atoms with Gasteiger partial charge in [0.15, 0.2) is 0 Å². The van der Waals surface area contributed by atoms with Crippen LogP contribution in [0.25, 0.3) is 11.0 Å². The first-order valence-electron chi connectivity index (χ1n) is 11.1. The molecule has 0 aliphatic heterocycles. The lowest BCUT2D eigenvalue weighted by molar-refractivity contribution is 0.278.